The fraction of sp³-hybridized carbons (Fsp3) is 0.438. The predicted octanol–water partition coefficient (Wildman–Crippen LogP) is 3.31. The topological polar surface area (TPSA) is 34.1 Å². The van der Waals surface area contributed by atoms with Gasteiger partial charge in [-0.3, -0.25) is 10.3 Å². The van der Waals surface area contributed by atoms with E-state index >= 15 is 0 Å². The van der Waals surface area contributed by atoms with E-state index in [1.54, 1.807) is 0 Å². The molecule has 0 saturated heterocycles. The van der Waals surface area contributed by atoms with Gasteiger partial charge in [-0.05, 0) is 30.0 Å². The van der Waals surface area contributed by atoms with Crippen LogP contribution in [-0.2, 0) is 12.8 Å². The SMILES string of the molecule is CC.CCc1cc2c(c3ncccc13)OCNCC2. The lowest BCUT2D eigenvalue weighted by Gasteiger charge is -2.12. The van der Waals surface area contributed by atoms with Crippen LogP contribution in [0.2, 0.25) is 0 Å². The van der Waals surface area contributed by atoms with Crippen molar-refractivity contribution in [3.8, 4) is 5.75 Å². The van der Waals surface area contributed by atoms with Crippen LogP contribution in [0, 0.1) is 0 Å². The Labute approximate surface area is 115 Å². The minimum Gasteiger partial charge on any atom is -0.476 e. The zero-order chi connectivity index (χ0) is 13.7. The summed E-state index contributed by atoms with van der Waals surface area (Å²) in [6.45, 7) is 7.72. The van der Waals surface area contributed by atoms with E-state index in [0.29, 0.717) is 6.73 Å². The van der Waals surface area contributed by atoms with Crippen LogP contribution in [0.1, 0.15) is 31.9 Å². The van der Waals surface area contributed by atoms with Crippen molar-refractivity contribution >= 4 is 10.9 Å². The summed E-state index contributed by atoms with van der Waals surface area (Å²) in [7, 11) is 0. The molecular weight excluding hydrogens is 236 g/mol. The van der Waals surface area contributed by atoms with Crippen molar-refractivity contribution in [3.05, 3.63) is 35.5 Å². The molecule has 19 heavy (non-hydrogen) atoms. The monoisotopic (exact) mass is 258 g/mol. The number of hydrogen-bond acceptors (Lipinski definition) is 3. The van der Waals surface area contributed by atoms with Crippen molar-refractivity contribution in [1.82, 2.24) is 10.3 Å². The Morgan fingerprint density at radius 2 is 2.21 bits per heavy atom. The summed E-state index contributed by atoms with van der Waals surface area (Å²) >= 11 is 0. The number of benzene rings is 1. The van der Waals surface area contributed by atoms with Gasteiger partial charge in [0.2, 0.25) is 0 Å². The van der Waals surface area contributed by atoms with Gasteiger partial charge in [0.15, 0.2) is 5.75 Å². The summed E-state index contributed by atoms with van der Waals surface area (Å²) in [6, 6.07) is 6.39. The number of rotatable bonds is 1. The van der Waals surface area contributed by atoms with Crippen LogP contribution >= 0.6 is 0 Å². The van der Waals surface area contributed by atoms with Crippen molar-refractivity contribution in [2.24, 2.45) is 0 Å². The van der Waals surface area contributed by atoms with E-state index in [1.165, 1.54) is 16.5 Å². The minimum absolute atomic E-state index is 0.574. The van der Waals surface area contributed by atoms with Gasteiger partial charge in [0.1, 0.15) is 12.2 Å². The molecule has 0 bridgehead atoms. The molecule has 2 heterocycles. The van der Waals surface area contributed by atoms with Gasteiger partial charge in [-0.2, -0.15) is 0 Å². The number of fused-ring (bicyclic) bond motifs is 3. The molecule has 0 unspecified atom stereocenters. The molecule has 3 rings (SSSR count). The van der Waals surface area contributed by atoms with Gasteiger partial charge >= 0.3 is 0 Å². The Balaban J connectivity index is 0.000000637. The molecule has 3 heteroatoms. The van der Waals surface area contributed by atoms with Crippen molar-refractivity contribution in [2.45, 2.75) is 33.6 Å². The third-order valence-corrected chi connectivity index (χ3v) is 3.28. The zero-order valence-electron chi connectivity index (χ0n) is 12.0. The molecule has 0 amide bonds. The first kappa shape index (κ1) is 13.8. The molecule has 1 aliphatic rings. The molecule has 1 aromatic heterocycles. The molecule has 102 valence electrons. The fourth-order valence-electron chi connectivity index (χ4n) is 2.41. The molecule has 3 nitrogen and oxygen atoms in total. The van der Waals surface area contributed by atoms with Gasteiger partial charge in [0.05, 0.1) is 0 Å². The van der Waals surface area contributed by atoms with Crippen molar-refractivity contribution < 1.29 is 4.74 Å². The average molecular weight is 258 g/mol. The van der Waals surface area contributed by atoms with E-state index in [1.807, 2.05) is 26.1 Å². The second kappa shape index (κ2) is 6.53. The first-order valence-corrected chi connectivity index (χ1v) is 7.13. The highest BCUT2D eigenvalue weighted by Crippen LogP contribution is 2.32. The number of nitrogens with one attached hydrogen (secondary N) is 1. The quantitative estimate of drug-likeness (QED) is 0.852. The van der Waals surface area contributed by atoms with Gasteiger partial charge in [-0.25, -0.2) is 0 Å². The number of aromatic nitrogens is 1. The molecular formula is C16H22N2O. The van der Waals surface area contributed by atoms with Crippen molar-refractivity contribution in [3.63, 3.8) is 0 Å². The Bertz CT molecular complexity index is 552. The third kappa shape index (κ3) is 2.71. The summed E-state index contributed by atoms with van der Waals surface area (Å²) in [5, 5.41) is 4.46. The van der Waals surface area contributed by atoms with Gasteiger partial charge in [0.25, 0.3) is 0 Å². The molecule has 1 N–H and O–H groups in total. The summed E-state index contributed by atoms with van der Waals surface area (Å²) in [5.74, 6) is 0.961. The Kier molecular flexibility index (Phi) is 4.74. The maximum Gasteiger partial charge on any atom is 0.150 e. The maximum absolute atomic E-state index is 5.79. The van der Waals surface area contributed by atoms with Gasteiger partial charge in [-0.15, -0.1) is 0 Å². The van der Waals surface area contributed by atoms with Gasteiger partial charge < -0.3 is 4.74 Å². The lowest BCUT2D eigenvalue weighted by atomic mass is 9.99. The Hall–Kier alpha value is -1.61. The number of hydrogen-bond donors (Lipinski definition) is 1. The number of ether oxygens (including phenoxy) is 1. The number of nitrogens with zero attached hydrogens (tertiary/aromatic N) is 1. The molecule has 0 atom stereocenters. The Morgan fingerprint density at radius 3 is 3.00 bits per heavy atom. The van der Waals surface area contributed by atoms with Crippen LogP contribution in [0.15, 0.2) is 24.4 Å². The highest BCUT2D eigenvalue weighted by atomic mass is 16.5. The molecule has 0 fully saturated rings. The standard InChI is InChI=1S/C14H16N2O.C2H6/c1-2-10-8-11-5-7-15-9-17-14(11)13-12(10)4-3-6-16-13;1-2/h3-4,6,8,15H,2,5,7,9H2,1H3;1-2H3. The van der Waals surface area contributed by atoms with Crippen LogP contribution in [0.25, 0.3) is 10.9 Å². The first-order chi connectivity index (χ1) is 9.40. The van der Waals surface area contributed by atoms with E-state index < -0.39 is 0 Å². The fourth-order valence-corrected chi connectivity index (χ4v) is 2.41. The lowest BCUT2D eigenvalue weighted by Crippen LogP contribution is -2.19. The first-order valence-electron chi connectivity index (χ1n) is 7.13. The number of aryl methyl sites for hydroxylation is 1. The molecule has 0 spiro atoms. The second-order valence-electron chi connectivity index (χ2n) is 4.32. The van der Waals surface area contributed by atoms with Gasteiger partial charge in [0, 0.05) is 18.1 Å². The lowest BCUT2D eigenvalue weighted by molar-refractivity contribution is 0.297. The molecule has 0 radical (unpaired) electrons. The average Bonchev–Trinajstić information content (AvgIpc) is 2.73. The molecule has 1 aliphatic heterocycles. The summed E-state index contributed by atoms with van der Waals surface area (Å²) < 4.78 is 5.79. The van der Waals surface area contributed by atoms with Crippen LogP contribution < -0.4 is 10.1 Å². The molecule has 0 saturated carbocycles. The van der Waals surface area contributed by atoms with E-state index in [0.717, 1.165) is 30.7 Å². The highest BCUT2D eigenvalue weighted by molar-refractivity contribution is 5.89. The summed E-state index contributed by atoms with van der Waals surface area (Å²) in [6.07, 6.45) is 3.88. The number of pyridine rings is 1. The minimum atomic E-state index is 0.574. The van der Waals surface area contributed by atoms with Crippen LogP contribution in [-0.4, -0.2) is 18.3 Å². The largest absolute Gasteiger partial charge is 0.476 e. The van der Waals surface area contributed by atoms with E-state index in [2.05, 4.69) is 29.4 Å². The molecule has 1 aromatic carbocycles. The van der Waals surface area contributed by atoms with E-state index in [4.69, 9.17) is 4.74 Å². The van der Waals surface area contributed by atoms with E-state index in [-0.39, 0.29) is 0 Å². The highest BCUT2D eigenvalue weighted by Gasteiger charge is 2.15. The van der Waals surface area contributed by atoms with Crippen LogP contribution in [0.4, 0.5) is 0 Å². The van der Waals surface area contributed by atoms with Crippen molar-refractivity contribution in [2.75, 3.05) is 13.3 Å². The van der Waals surface area contributed by atoms with Crippen molar-refractivity contribution in [1.29, 1.82) is 0 Å². The predicted molar refractivity (Wildman–Crippen MR) is 79.7 cm³/mol. The third-order valence-electron chi connectivity index (χ3n) is 3.28. The maximum atomic E-state index is 5.79. The molecule has 0 aliphatic carbocycles. The summed E-state index contributed by atoms with van der Waals surface area (Å²) in [4.78, 5) is 4.49. The Morgan fingerprint density at radius 1 is 1.37 bits per heavy atom. The van der Waals surface area contributed by atoms with Crippen LogP contribution in [0.3, 0.4) is 0 Å². The van der Waals surface area contributed by atoms with Crippen LogP contribution in [0.5, 0.6) is 5.75 Å². The molecule has 2 aromatic rings. The smallest absolute Gasteiger partial charge is 0.150 e. The van der Waals surface area contributed by atoms with Gasteiger partial charge in [-0.1, -0.05) is 32.9 Å². The normalized spacial score (nSPS) is 13.8. The van der Waals surface area contributed by atoms with E-state index in [9.17, 15) is 0 Å². The zero-order valence-corrected chi connectivity index (χ0v) is 12.0. The second-order valence-corrected chi connectivity index (χ2v) is 4.32. The summed E-state index contributed by atoms with van der Waals surface area (Å²) in [5.41, 5.74) is 3.64.